The van der Waals surface area contributed by atoms with Crippen LogP contribution in [0.1, 0.15) is 12.5 Å². The normalized spacial score (nSPS) is 23.6. The van der Waals surface area contributed by atoms with Crippen LogP contribution in [0.5, 0.6) is 0 Å². The van der Waals surface area contributed by atoms with Crippen molar-refractivity contribution in [2.75, 3.05) is 19.6 Å². The van der Waals surface area contributed by atoms with E-state index in [1.807, 2.05) is 0 Å². The monoisotopic (exact) mass is 280 g/mol. The molecule has 0 spiro atoms. The second kappa shape index (κ2) is 6.81. The molecule has 3 unspecified atom stereocenters. The summed E-state index contributed by atoms with van der Waals surface area (Å²) < 4.78 is 13.5. The van der Waals surface area contributed by atoms with Crippen LogP contribution in [0, 0.1) is 17.7 Å². The van der Waals surface area contributed by atoms with Crippen LogP contribution in [0.25, 0.3) is 0 Å². The van der Waals surface area contributed by atoms with Crippen LogP contribution < -0.4 is 10.6 Å². The Morgan fingerprint density at radius 3 is 2.90 bits per heavy atom. The summed E-state index contributed by atoms with van der Waals surface area (Å²) in [5.41, 5.74) is 0.553. The van der Waals surface area contributed by atoms with E-state index in [4.69, 9.17) is 0 Å². The highest BCUT2D eigenvalue weighted by atomic mass is 19.1. The molecule has 1 amide bonds. The summed E-state index contributed by atoms with van der Waals surface area (Å²) in [4.78, 5) is 12.0. The number of amides is 1. The second-order valence-corrected chi connectivity index (χ2v) is 5.43. The first-order valence-electron chi connectivity index (χ1n) is 6.98. The molecule has 20 heavy (non-hydrogen) atoms. The number of carbonyl (C=O) groups excluding carboxylic acids is 1. The minimum Gasteiger partial charge on any atom is -0.391 e. The number of rotatable bonds is 5. The van der Waals surface area contributed by atoms with Crippen LogP contribution in [-0.2, 0) is 11.2 Å². The van der Waals surface area contributed by atoms with Gasteiger partial charge in [0.2, 0.25) is 5.91 Å². The van der Waals surface area contributed by atoms with E-state index in [1.165, 1.54) is 6.07 Å². The zero-order valence-electron chi connectivity index (χ0n) is 11.6. The van der Waals surface area contributed by atoms with E-state index < -0.39 is 6.10 Å². The molecule has 1 aromatic rings. The lowest BCUT2D eigenvalue weighted by Crippen LogP contribution is -2.37. The lowest BCUT2D eigenvalue weighted by Gasteiger charge is -2.17. The average molecular weight is 280 g/mol. The minimum absolute atomic E-state index is 0.0552. The molecule has 0 bridgehead atoms. The molecule has 5 heteroatoms. The van der Waals surface area contributed by atoms with Crippen molar-refractivity contribution in [2.45, 2.75) is 19.4 Å². The third-order valence-corrected chi connectivity index (χ3v) is 3.77. The van der Waals surface area contributed by atoms with E-state index >= 15 is 0 Å². The number of halogens is 1. The Bertz CT molecular complexity index is 467. The number of aliphatic hydroxyl groups excluding tert-OH is 1. The van der Waals surface area contributed by atoms with Crippen molar-refractivity contribution in [3.63, 3.8) is 0 Å². The first kappa shape index (κ1) is 14.9. The Kier molecular flexibility index (Phi) is 5.09. The standard InChI is InChI=1S/C15H21FN2O2/c1-10(6-11-4-2-3-5-13(11)16)15(20)18-8-12-7-17-9-14(12)19/h2-5,10,12,14,17,19H,6-9H2,1H3,(H,18,20). The molecule has 4 nitrogen and oxygen atoms in total. The van der Waals surface area contributed by atoms with E-state index in [2.05, 4.69) is 10.6 Å². The van der Waals surface area contributed by atoms with E-state index in [9.17, 15) is 14.3 Å². The van der Waals surface area contributed by atoms with Crippen LogP contribution in [0.2, 0.25) is 0 Å². The average Bonchev–Trinajstić information content (AvgIpc) is 2.84. The lowest BCUT2D eigenvalue weighted by molar-refractivity contribution is -0.124. The summed E-state index contributed by atoms with van der Waals surface area (Å²) in [7, 11) is 0. The molecule has 0 saturated carbocycles. The van der Waals surface area contributed by atoms with Crippen LogP contribution in [-0.4, -0.2) is 36.8 Å². The van der Waals surface area contributed by atoms with Crippen molar-refractivity contribution >= 4 is 5.91 Å². The summed E-state index contributed by atoms with van der Waals surface area (Å²) in [5.74, 6) is -0.618. The van der Waals surface area contributed by atoms with E-state index in [-0.39, 0.29) is 23.6 Å². The summed E-state index contributed by atoms with van der Waals surface area (Å²) in [5, 5.41) is 15.6. The van der Waals surface area contributed by atoms with E-state index in [0.717, 1.165) is 0 Å². The minimum atomic E-state index is -0.405. The number of hydrogen-bond donors (Lipinski definition) is 3. The highest BCUT2D eigenvalue weighted by molar-refractivity contribution is 5.78. The first-order valence-corrected chi connectivity index (χ1v) is 6.98. The van der Waals surface area contributed by atoms with Crippen molar-refractivity contribution in [3.8, 4) is 0 Å². The SMILES string of the molecule is CC(Cc1ccccc1F)C(=O)NCC1CNCC1O. The predicted molar refractivity (Wildman–Crippen MR) is 74.6 cm³/mol. The molecular formula is C15H21FN2O2. The third-order valence-electron chi connectivity index (χ3n) is 3.77. The summed E-state index contributed by atoms with van der Waals surface area (Å²) in [6.07, 6.45) is -0.0264. The number of benzene rings is 1. The molecule has 1 aliphatic heterocycles. The molecule has 3 N–H and O–H groups in total. The molecule has 2 rings (SSSR count). The Balaban J connectivity index is 1.81. The molecule has 1 heterocycles. The van der Waals surface area contributed by atoms with Gasteiger partial charge in [0, 0.05) is 31.5 Å². The van der Waals surface area contributed by atoms with Gasteiger partial charge >= 0.3 is 0 Å². The van der Waals surface area contributed by atoms with Crippen LogP contribution >= 0.6 is 0 Å². The van der Waals surface area contributed by atoms with Crippen molar-refractivity contribution in [1.29, 1.82) is 0 Å². The number of aliphatic hydroxyl groups is 1. The Hall–Kier alpha value is -1.46. The van der Waals surface area contributed by atoms with E-state index in [1.54, 1.807) is 25.1 Å². The maximum absolute atomic E-state index is 13.5. The van der Waals surface area contributed by atoms with Crippen molar-refractivity contribution in [3.05, 3.63) is 35.6 Å². The van der Waals surface area contributed by atoms with E-state index in [0.29, 0.717) is 31.6 Å². The van der Waals surface area contributed by atoms with Gasteiger partial charge in [-0.15, -0.1) is 0 Å². The fraction of sp³-hybridized carbons (Fsp3) is 0.533. The van der Waals surface area contributed by atoms with Gasteiger partial charge in [-0.05, 0) is 18.1 Å². The largest absolute Gasteiger partial charge is 0.391 e. The van der Waals surface area contributed by atoms with Gasteiger partial charge in [0.05, 0.1) is 6.10 Å². The quantitative estimate of drug-likeness (QED) is 0.744. The van der Waals surface area contributed by atoms with Crippen LogP contribution in [0.15, 0.2) is 24.3 Å². The molecule has 1 aromatic carbocycles. The van der Waals surface area contributed by atoms with Gasteiger partial charge in [-0.2, -0.15) is 0 Å². The second-order valence-electron chi connectivity index (χ2n) is 5.43. The highest BCUT2D eigenvalue weighted by Gasteiger charge is 2.25. The number of carbonyl (C=O) groups is 1. The maximum Gasteiger partial charge on any atom is 0.223 e. The number of β-amino-alcohol motifs (C(OH)–C–C–N with tert-alkyl or cyclic N) is 1. The fourth-order valence-corrected chi connectivity index (χ4v) is 2.42. The lowest BCUT2D eigenvalue weighted by atomic mass is 9.99. The molecule has 0 aromatic heterocycles. The summed E-state index contributed by atoms with van der Waals surface area (Å²) in [6, 6.07) is 6.51. The van der Waals surface area contributed by atoms with Crippen molar-refractivity contribution in [2.24, 2.45) is 11.8 Å². The van der Waals surface area contributed by atoms with Crippen LogP contribution in [0.3, 0.4) is 0 Å². The van der Waals surface area contributed by atoms with Gasteiger partial charge in [-0.25, -0.2) is 4.39 Å². The smallest absolute Gasteiger partial charge is 0.223 e. The zero-order valence-corrected chi connectivity index (χ0v) is 11.6. The van der Waals surface area contributed by atoms with Crippen LogP contribution in [0.4, 0.5) is 4.39 Å². The van der Waals surface area contributed by atoms with Gasteiger partial charge in [0.15, 0.2) is 0 Å². The Morgan fingerprint density at radius 2 is 2.25 bits per heavy atom. The van der Waals surface area contributed by atoms with Gasteiger partial charge in [-0.1, -0.05) is 25.1 Å². The van der Waals surface area contributed by atoms with Crippen molar-refractivity contribution in [1.82, 2.24) is 10.6 Å². The zero-order chi connectivity index (χ0) is 14.5. The maximum atomic E-state index is 13.5. The summed E-state index contributed by atoms with van der Waals surface area (Å²) >= 11 is 0. The molecule has 0 aliphatic carbocycles. The summed E-state index contributed by atoms with van der Waals surface area (Å²) in [6.45, 7) is 3.52. The first-order chi connectivity index (χ1) is 9.58. The molecule has 1 saturated heterocycles. The molecule has 3 atom stereocenters. The Labute approximate surface area is 118 Å². The predicted octanol–water partition coefficient (Wildman–Crippen LogP) is 0.701. The molecule has 1 fully saturated rings. The molecule has 1 aliphatic rings. The molecule has 0 radical (unpaired) electrons. The van der Waals surface area contributed by atoms with Gasteiger partial charge in [0.25, 0.3) is 0 Å². The fourth-order valence-electron chi connectivity index (χ4n) is 2.42. The number of nitrogens with one attached hydrogen (secondary N) is 2. The van der Waals surface area contributed by atoms with Gasteiger partial charge in [0.1, 0.15) is 5.82 Å². The molecule has 110 valence electrons. The van der Waals surface area contributed by atoms with Crippen molar-refractivity contribution < 1.29 is 14.3 Å². The highest BCUT2D eigenvalue weighted by Crippen LogP contribution is 2.13. The van der Waals surface area contributed by atoms with Gasteiger partial charge in [-0.3, -0.25) is 4.79 Å². The third kappa shape index (κ3) is 3.77. The topological polar surface area (TPSA) is 61.4 Å². The molecular weight excluding hydrogens is 259 g/mol. The number of hydrogen-bond acceptors (Lipinski definition) is 3. The van der Waals surface area contributed by atoms with Gasteiger partial charge < -0.3 is 15.7 Å². The Morgan fingerprint density at radius 1 is 1.50 bits per heavy atom.